The third-order valence-electron chi connectivity index (χ3n) is 8.27. The number of benzene rings is 2. The molecule has 1 fully saturated rings. The Morgan fingerprint density at radius 1 is 1.15 bits per heavy atom. The van der Waals surface area contributed by atoms with E-state index >= 15 is 8.78 Å². The van der Waals surface area contributed by atoms with Crippen molar-refractivity contribution in [2.45, 2.75) is 32.7 Å². The molecule has 10 nitrogen and oxygen atoms in total. The van der Waals surface area contributed by atoms with Crippen LogP contribution in [0.25, 0.3) is 27.7 Å². The molecule has 1 atom stereocenters. The van der Waals surface area contributed by atoms with Crippen molar-refractivity contribution in [3.8, 4) is 16.8 Å². The van der Waals surface area contributed by atoms with Gasteiger partial charge in [-0.1, -0.05) is 55.2 Å². The molecule has 2 amide bonds. The van der Waals surface area contributed by atoms with E-state index in [4.69, 9.17) is 40.5 Å². The van der Waals surface area contributed by atoms with Crippen molar-refractivity contribution in [1.82, 2.24) is 19.4 Å². The molecule has 3 N–H and O–H groups in total. The van der Waals surface area contributed by atoms with E-state index in [1.54, 1.807) is 19.2 Å². The second-order valence-electron chi connectivity index (χ2n) is 11.3. The highest BCUT2D eigenvalue weighted by atomic mass is 35.5. The van der Waals surface area contributed by atoms with Crippen LogP contribution in [0.2, 0.25) is 15.1 Å². The number of pyridine rings is 1. The first-order chi connectivity index (χ1) is 21.8. The topological polar surface area (TPSA) is 126 Å². The van der Waals surface area contributed by atoms with Gasteiger partial charge in [0.05, 0.1) is 49.8 Å². The molecule has 0 radical (unpaired) electrons. The van der Waals surface area contributed by atoms with Crippen LogP contribution in [0.3, 0.4) is 0 Å². The Morgan fingerprint density at radius 2 is 1.87 bits per heavy atom. The fraction of sp³-hybridized carbons (Fsp3) is 0.258. The lowest BCUT2D eigenvalue weighted by Gasteiger charge is -2.40. The fourth-order valence-electron chi connectivity index (χ4n) is 6.08. The Hall–Kier alpha value is -4.26. The molecule has 0 spiro atoms. The summed E-state index contributed by atoms with van der Waals surface area (Å²) < 4.78 is 34.3. The number of aryl methyl sites for hydroxylation is 1. The van der Waals surface area contributed by atoms with E-state index in [0.29, 0.717) is 11.3 Å². The molecule has 6 rings (SSSR count). The minimum absolute atomic E-state index is 0.0183. The largest absolute Gasteiger partial charge is 0.397 e. The van der Waals surface area contributed by atoms with Crippen LogP contribution in [0.15, 0.2) is 35.8 Å². The lowest BCUT2D eigenvalue weighted by Crippen LogP contribution is -2.58. The van der Waals surface area contributed by atoms with Gasteiger partial charge in [0, 0.05) is 30.4 Å². The molecule has 1 saturated heterocycles. The molecule has 238 valence electrons. The highest BCUT2D eigenvalue weighted by molar-refractivity contribution is 6.41. The maximum atomic E-state index is 17.4. The van der Waals surface area contributed by atoms with Gasteiger partial charge in [-0.05, 0) is 36.6 Å². The number of anilines is 3. The number of amides is 2. The van der Waals surface area contributed by atoms with Crippen LogP contribution >= 0.6 is 34.8 Å². The summed E-state index contributed by atoms with van der Waals surface area (Å²) in [4.78, 5) is 52.3. The number of hydrogen-bond donors (Lipinski definition) is 2. The molecule has 4 aromatic rings. The molecular formula is C31H26Cl3F2N7O3. The Bertz CT molecular complexity index is 2060. The van der Waals surface area contributed by atoms with Crippen molar-refractivity contribution < 1.29 is 18.4 Å². The van der Waals surface area contributed by atoms with E-state index in [-0.39, 0.29) is 64.4 Å². The molecule has 2 aliphatic heterocycles. The lowest BCUT2D eigenvalue weighted by atomic mass is 9.97. The highest BCUT2D eigenvalue weighted by Crippen LogP contribution is 2.50. The van der Waals surface area contributed by atoms with Crippen molar-refractivity contribution in [2.24, 2.45) is 0 Å². The Morgan fingerprint density at radius 3 is 2.54 bits per heavy atom. The number of halogens is 5. The van der Waals surface area contributed by atoms with Gasteiger partial charge >= 0.3 is 5.69 Å². The summed E-state index contributed by atoms with van der Waals surface area (Å²) in [5, 5.41) is 1.67. The number of aromatic nitrogens is 3. The second-order valence-corrected chi connectivity index (χ2v) is 12.5. The van der Waals surface area contributed by atoms with Crippen LogP contribution in [0.5, 0.6) is 0 Å². The first-order valence-corrected chi connectivity index (χ1v) is 15.3. The number of nitrogens with two attached hydrogens (primary N) is 1. The number of fused-ring (bicyclic) bond motifs is 2. The number of nitrogens with one attached hydrogen (secondary N) is 1. The van der Waals surface area contributed by atoms with Gasteiger partial charge < -0.3 is 20.9 Å². The predicted molar refractivity (Wildman–Crippen MR) is 175 cm³/mol. The molecule has 2 aromatic heterocycles. The predicted octanol–water partition coefficient (Wildman–Crippen LogP) is 5.86. The average Bonchev–Trinajstić information content (AvgIpc) is 3.14. The first kappa shape index (κ1) is 31.7. The van der Waals surface area contributed by atoms with Crippen molar-refractivity contribution in [3.63, 3.8) is 0 Å². The third kappa shape index (κ3) is 4.69. The highest BCUT2D eigenvalue weighted by Gasteiger charge is 2.41. The molecule has 0 bridgehead atoms. The summed E-state index contributed by atoms with van der Waals surface area (Å²) in [6, 6.07) is 1.68. The zero-order chi connectivity index (χ0) is 33.4. The number of nitrogens with zero attached hydrogens (tertiary/aromatic N) is 5. The van der Waals surface area contributed by atoms with Crippen molar-refractivity contribution in [1.29, 1.82) is 0 Å². The third-order valence-corrected chi connectivity index (χ3v) is 9.23. The molecule has 0 saturated carbocycles. The summed E-state index contributed by atoms with van der Waals surface area (Å²) in [7, 11) is 0. The first-order valence-electron chi connectivity index (χ1n) is 14.1. The quantitative estimate of drug-likeness (QED) is 0.156. The van der Waals surface area contributed by atoms with E-state index in [1.165, 1.54) is 9.80 Å². The maximum Gasteiger partial charge on any atom is 0.354 e. The SMILES string of the molecule is C=CC(=O)N1CCN2c3nc(=O)n(-c4c(C)ccnc4C(C)C)c4c(F)c(-c5c(N)c(Cl)cc(Cl)c5F)c(Cl)c(c34)NC(=O)C2C1. The van der Waals surface area contributed by atoms with Crippen molar-refractivity contribution in [3.05, 3.63) is 79.4 Å². The zero-order valence-electron chi connectivity index (χ0n) is 24.7. The van der Waals surface area contributed by atoms with Crippen LogP contribution in [-0.4, -0.2) is 56.9 Å². The van der Waals surface area contributed by atoms with Crippen LogP contribution in [0, 0.1) is 18.6 Å². The fourth-order valence-corrected chi connectivity index (χ4v) is 6.87. The van der Waals surface area contributed by atoms with Crippen LogP contribution in [0.4, 0.5) is 26.0 Å². The van der Waals surface area contributed by atoms with Crippen molar-refractivity contribution >= 4 is 74.7 Å². The standard InChI is InChI=1S/C31H26Cl3F2N7O3/c1-5-17(44)41-8-9-42-16(11-41)30(45)39-26-20-28(23(36)18(21(26)34)19-22(35)14(32)10-15(33)24(19)37)43(31(46)40-29(20)42)27-13(4)6-7-38-25(27)12(2)3/h5-7,10,12,16H,1,8-9,11,37H2,2-4H3,(H,39,45). The van der Waals surface area contributed by atoms with E-state index in [0.717, 1.165) is 16.7 Å². The molecule has 46 heavy (non-hydrogen) atoms. The smallest absolute Gasteiger partial charge is 0.354 e. The molecule has 2 aliphatic rings. The van der Waals surface area contributed by atoms with Crippen LogP contribution in [-0.2, 0) is 9.59 Å². The number of nitrogen functional groups attached to an aromatic ring is 1. The molecular weight excluding hydrogens is 663 g/mol. The zero-order valence-corrected chi connectivity index (χ0v) is 27.0. The minimum Gasteiger partial charge on any atom is -0.397 e. The van der Waals surface area contributed by atoms with Gasteiger partial charge in [-0.25, -0.2) is 13.6 Å². The van der Waals surface area contributed by atoms with E-state index in [1.807, 2.05) is 13.8 Å². The summed E-state index contributed by atoms with van der Waals surface area (Å²) in [6.45, 7) is 9.10. The summed E-state index contributed by atoms with van der Waals surface area (Å²) in [5.74, 6) is -3.54. The van der Waals surface area contributed by atoms with E-state index < -0.39 is 56.4 Å². The molecule has 15 heteroatoms. The number of hydrogen-bond acceptors (Lipinski definition) is 7. The van der Waals surface area contributed by atoms with Gasteiger partial charge in [-0.3, -0.25) is 19.1 Å². The summed E-state index contributed by atoms with van der Waals surface area (Å²) in [5.41, 5.74) is 4.58. The average molecular weight is 689 g/mol. The van der Waals surface area contributed by atoms with Crippen LogP contribution < -0.4 is 21.6 Å². The maximum absolute atomic E-state index is 17.4. The van der Waals surface area contributed by atoms with E-state index in [2.05, 4.69) is 21.9 Å². The van der Waals surface area contributed by atoms with Gasteiger partial charge in [-0.15, -0.1) is 0 Å². The normalized spacial score (nSPS) is 16.0. The number of piperazine rings is 1. The second kappa shape index (κ2) is 11.5. The van der Waals surface area contributed by atoms with Gasteiger partial charge in [0.25, 0.3) is 0 Å². The Labute approximate surface area is 276 Å². The van der Waals surface area contributed by atoms with Gasteiger partial charge in [0.2, 0.25) is 11.8 Å². The Kier molecular flexibility index (Phi) is 7.94. The molecule has 2 aromatic carbocycles. The lowest BCUT2D eigenvalue weighted by molar-refractivity contribution is -0.128. The van der Waals surface area contributed by atoms with E-state index in [9.17, 15) is 14.4 Å². The van der Waals surface area contributed by atoms with Crippen LogP contribution in [0.1, 0.15) is 31.0 Å². The van der Waals surface area contributed by atoms with Gasteiger partial charge in [0.15, 0.2) is 11.6 Å². The molecule has 1 unspecified atom stereocenters. The monoisotopic (exact) mass is 687 g/mol. The van der Waals surface area contributed by atoms with Gasteiger partial charge in [0.1, 0.15) is 17.4 Å². The van der Waals surface area contributed by atoms with Crippen molar-refractivity contribution in [2.75, 3.05) is 35.6 Å². The molecule has 4 heterocycles. The molecule has 0 aliphatic carbocycles. The Balaban J connectivity index is 1.81. The number of carbonyl (C=O) groups excluding carboxylic acids is 2. The number of rotatable bonds is 4. The number of carbonyl (C=O) groups is 2. The summed E-state index contributed by atoms with van der Waals surface area (Å²) >= 11 is 19.3. The minimum atomic E-state index is -1.14. The summed E-state index contributed by atoms with van der Waals surface area (Å²) in [6.07, 6.45) is 2.70. The van der Waals surface area contributed by atoms with Gasteiger partial charge in [-0.2, -0.15) is 4.98 Å².